The predicted octanol–water partition coefficient (Wildman–Crippen LogP) is 1.74. The van der Waals surface area contributed by atoms with Crippen molar-refractivity contribution in [2.75, 3.05) is 32.7 Å². The highest BCUT2D eigenvalue weighted by Crippen LogP contribution is 2.49. The molecular formula is C19H30Cl2N8. The molecule has 3 atom stereocenters. The molecule has 0 spiro atoms. The first-order valence-electron chi connectivity index (χ1n) is 10.6. The molecule has 6 rings (SSSR count). The minimum absolute atomic E-state index is 0. The van der Waals surface area contributed by atoms with Gasteiger partial charge in [0.15, 0.2) is 5.82 Å². The summed E-state index contributed by atoms with van der Waals surface area (Å²) in [4.78, 5) is 6.75. The van der Waals surface area contributed by atoms with Gasteiger partial charge in [0.2, 0.25) is 0 Å². The lowest BCUT2D eigenvalue weighted by Gasteiger charge is -2.32. The van der Waals surface area contributed by atoms with Gasteiger partial charge < -0.3 is 14.8 Å². The van der Waals surface area contributed by atoms with Gasteiger partial charge in [-0.15, -0.1) is 35.0 Å². The number of aromatic nitrogens is 6. The largest absolute Gasteiger partial charge is 0.316 e. The van der Waals surface area contributed by atoms with E-state index in [-0.39, 0.29) is 24.8 Å². The predicted molar refractivity (Wildman–Crippen MR) is 114 cm³/mol. The lowest BCUT2D eigenvalue weighted by Crippen LogP contribution is -2.36. The molecule has 29 heavy (non-hydrogen) atoms. The summed E-state index contributed by atoms with van der Waals surface area (Å²) >= 11 is 0. The molecule has 0 radical (unpaired) electrons. The first-order chi connectivity index (χ1) is 13.4. The maximum Gasteiger partial charge on any atom is 0.155 e. The third kappa shape index (κ3) is 4.04. The molecule has 4 aliphatic rings. The molecule has 2 aromatic rings. The van der Waals surface area contributed by atoms with E-state index in [1.165, 1.54) is 64.2 Å². The third-order valence-corrected chi connectivity index (χ3v) is 7.17. The van der Waals surface area contributed by atoms with E-state index >= 15 is 0 Å². The Morgan fingerprint density at radius 2 is 1.76 bits per heavy atom. The van der Waals surface area contributed by atoms with E-state index in [0.717, 1.165) is 23.6 Å². The molecule has 1 N–H and O–H groups in total. The molecular weight excluding hydrogens is 411 g/mol. The zero-order valence-corrected chi connectivity index (χ0v) is 18.2. The maximum absolute atomic E-state index is 4.65. The lowest BCUT2D eigenvalue weighted by molar-refractivity contribution is 0.193. The van der Waals surface area contributed by atoms with Crippen molar-refractivity contribution in [1.82, 2.24) is 39.7 Å². The summed E-state index contributed by atoms with van der Waals surface area (Å²) in [5, 5.41) is 16.9. The monoisotopic (exact) mass is 440 g/mol. The highest BCUT2D eigenvalue weighted by atomic mass is 35.5. The molecule has 4 fully saturated rings. The Bertz CT molecular complexity index is 787. The van der Waals surface area contributed by atoms with Gasteiger partial charge >= 0.3 is 0 Å². The summed E-state index contributed by atoms with van der Waals surface area (Å²) in [6, 6.07) is 0.602. The van der Waals surface area contributed by atoms with E-state index < -0.39 is 0 Å². The molecule has 4 heterocycles. The fourth-order valence-corrected chi connectivity index (χ4v) is 5.40. The van der Waals surface area contributed by atoms with E-state index in [0.29, 0.717) is 18.5 Å². The number of fused-ring (bicyclic) bond motifs is 1. The van der Waals surface area contributed by atoms with E-state index in [2.05, 4.69) is 35.1 Å². The zero-order chi connectivity index (χ0) is 17.8. The second-order valence-corrected chi connectivity index (χ2v) is 8.89. The van der Waals surface area contributed by atoms with Crippen LogP contribution in [0, 0.1) is 17.8 Å². The van der Waals surface area contributed by atoms with Crippen LogP contribution in [-0.2, 0) is 6.54 Å². The highest BCUT2D eigenvalue weighted by Gasteiger charge is 2.53. The van der Waals surface area contributed by atoms with Gasteiger partial charge in [-0.25, -0.2) is 9.67 Å². The van der Waals surface area contributed by atoms with Gasteiger partial charge in [0, 0.05) is 18.5 Å². The van der Waals surface area contributed by atoms with Gasteiger partial charge in [-0.2, -0.15) is 5.10 Å². The summed E-state index contributed by atoms with van der Waals surface area (Å²) in [7, 11) is 0. The Kier molecular flexibility index (Phi) is 6.16. The Hall–Kier alpha value is -1.22. The van der Waals surface area contributed by atoms with Gasteiger partial charge in [0.1, 0.15) is 25.0 Å². The standard InChI is InChI=1S/C19H28N8.2ClH/c1-2-14(1)27-18(10-26-12-21-11-22-26)23-24-19(27)13-3-5-25(6-4-13)9-17-15-7-20-8-16(15)17;;/h11-17,20H,1-10H2;2*1H/t15-,16+,17?;;. The second kappa shape index (κ2) is 8.49. The van der Waals surface area contributed by atoms with Gasteiger partial charge in [-0.1, -0.05) is 0 Å². The molecule has 0 amide bonds. The number of nitrogens with one attached hydrogen (secondary N) is 1. The number of likely N-dealkylation sites (tertiary alicyclic amines) is 1. The molecule has 2 saturated carbocycles. The Balaban J connectivity index is 0.00000102. The van der Waals surface area contributed by atoms with Crippen molar-refractivity contribution in [3.8, 4) is 0 Å². The minimum atomic E-state index is 0. The number of hydrogen-bond donors (Lipinski definition) is 1. The zero-order valence-electron chi connectivity index (χ0n) is 16.6. The number of piperidine rings is 2. The average molecular weight is 441 g/mol. The van der Waals surface area contributed by atoms with Crippen LogP contribution in [-0.4, -0.2) is 67.2 Å². The van der Waals surface area contributed by atoms with Gasteiger partial charge in [0.05, 0.1) is 0 Å². The van der Waals surface area contributed by atoms with Crippen molar-refractivity contribution in [3.05, 3.63) is 24.3 Å². The molecule has 8 nitrogen and oxygen atoms in total. The molecule has 1 unspecified atom stereocenters. The number of halogens is 2. The van der Waals surface area contributed by atoms with E-state index in [9.17, 15) is 0 Å². The number of nitrogens with zero attached hydrogens (tertiary/aromatic N) is 7. The fraction of sp³-hybridized carbons (Fsp3) is 0.789. The van der Waals surface area contributed by atoms with Crippen molar-refractivity contribution in [3.63, 3.8) is 0 Å². The molecule has 0 bridgehead atoms. The first kappa shape index (κ1) is 21.0. The van der Waals surface area contributed by atoms with Crippen LogP contribution in [0.4, 0.5) is 0 Å². The molecule has 2 aliphatic carbocycles. The lowest BCUT2D eigenvalue weighted by atomic mass is 9.95. The normalized spacial score (nSPS) is 29.2. The number of hydrogen-bond acceptors (Lipinski definition) is 6. The quantitative estimate of drug-likeness (QED) is 0.736. The molecule has 0 aromatic carbocycles. The maximum atomic E-state index is 4.65. The van der Waals surface area contributed by atoms with Crippen LogP contribution in [0.15, 0.2) is 12.7 Å². The van der Waals surface area contributed by atoms with Gasteiger partial charge in [-0.3, -0.25) is 0 Å². The summed E-state index contributed by atoms with van der Waals surface area (Å²) in [5.74, 6) is 5.73. The average Bonchev–Trinajstić information content (AvgIpc) is 3.39. The number of rotatable bonds is 6. The second-order valence-electron chi connectivity index (χ2n) is 8.89. The molecule has 2 aromatic heterocycles. The Labute approximate surface area is 183 Å². The van der Waals surface area contributed by atoms with E-state index in [1.807, 2.05) is 4.68 Å². The van der Waals surface area contributed by atoms with Crippen LogP contribution < -0.4 is 5.32 Å². The van der Waals surface area contributed by atoms with Crippen molar-refractivity contribution in [1.29, 1.82) is 0 Å². The highest BCUT2D eigenvalue weighted by molar-refractivity contribution is 5.85. The summed E-state index contributed by atoms with van der Waals surface area (Å²) in [6.07, 6.45) is 8.29. The SMILES string of the molecule is Cl.Cl.c1ncn(Cc2nnc(C3CCN(CC4[C@H]5CNC[C@@H]45)CC3)n2C2CC2)n1. The van der Waals surface area contributed by atoms with Crippen molar-refractivity contribution in [2.45, 2.75) is 44.2 Å². The summed E-state index contributed by atoms with van der Waals surface area (Å²) in [5.41, 5.74) is 0. The minimum Gasteiger partial charge on any atom is -0.316 e. The van der Waals surface area contributed by atoms with E-state index in [1.54, 1.807) is 12.7 Å². The molecule has 2 saturated heterocycles. The smallest absolute Gasteiger partial charge is 0.155 e. The van der Waals surface area contributed by atoms with Crippen LogP contribution in [0.2, 0.25) is 0 Å². The molecule has 2 aliphatic heterocycles. The molecule has 10 heteroatoms. The topological polar surface area (TPSA) is 76.7 Å². The van der Waals surface area contributed by atoms with Gasteiger partial charge in [0.25, 0.3) is 0 Å². The van der Waals surface area contributed by atoms with Crippen LogP contribution in [0.5, 0.6) is 0 Å². The van der Waals surface area contributed by atoms with Crippen LogP contribution in [0.25, 0.3) is 0 Å². The van der Waals surface area contributed by atoms with Crippen LogP contribution in [0.1, 0.15) is 49.3 Å². The fourth-order valence-electron chi connectivity index (χ4n) is 5.40. The van der Waals surface area contributed by atoms with Crippen LogP contribution in [0.3, 0.4) is 0 Å². The van der Waals surface area contributed by atoms with Gasteiger partial charge in [-0.05, 0) is 69.6 Å². The van der Waals surface area contributed by atoms with Crippen molar-refractivity contribution < 1.29 is 0 Å². The summed E-state index contributed by atoms with van der Waals surface area (Å²) < 4.78 is 4.27. The Morgan fingerprint density at radius 3 is 2.41 bits per heavy atom. The Morgan fingerprint density at radius 1 is 1.00 bits per heavy atom. The first-order valence-corrected chi connectivity index (χ1v) is 10.6. The molecule has 160 valence electrons. The summed E-state index contributed by atoms with van der Waals surface area (Å²) in [6.45, 7) is 6.92. The van der Waals surface area contributed by atoms with Crippen molar-refractivity contribution >= 4 is 24.8 Å². The van der Waals surface area contributed by atoms with E-state index in [4.69, 9.17) is 0 Å². The third-order valence-electron chi connectivity index (χ3n) is 7.17. The van der Waals surface area contributed by atoms with Crippen LogP contribution >= 0.6 is 24.8 Å². The van der Waals surface area contributed by atoms with Crippen molar-refractivity contribution in [2.24, 2.45) is 17.8 Å².